The monoisotopic (exact) mass is 344 g/mol. The SMILES string of the molecule is COc1ccc(-c2noc(CN3CCC[C@@H](CNC(C)=O)C3)n2)cc1. The van der Waals surface area contributed by atoms with Gasteiger partial charge in [0.25, 0.3) is 0 Å². The van der Waals surface area contributed by atoms with Crippen LogP contribution in [0.3, 0.4) is 0 Å². The molecule has 0 spiro atoms. The van der Waals surface area contributed by atoms with Crippen molar-refractivity contribution in [1.82, 2.24) is 20.4 Å². The first-order valence-corrected chi connectivity index (χ1v) is 8.58. The largest absolute Gasteiger partial charge is 0.497 e. The van der Waals surface area contributed by atoms with Gasteiger partial charge in [0.2, 0.25) is 17.6 Å². The molecule has 3 rings (SSSR count). The molecule has 2 heterocycles. The van der Waals surface area contributed by atoms with E-state index in [2.05, 4.69) is 20.4 Å². The van der Waals surface area contributed by atoms with Crippen LogP contribution in [0.4, 0.5) is 0 Å². The number of hydrogen-bond donors (Lipinski definition) is 1. The number of carbonyl (C=O) groups excluding carboxylic acids is 1. The molecule has 1 fully saturated rings. The van der Waals surface area contributed by atoms with E-state index in [0.29, 0.717) is 24.2 Å². The predicted octanol–water partition coefficient (Wildman–Crippen LogP) is 2.09. The van der Waals surface area contributed by atoms with Gasteiger partial charge in [-0.05, 0) is 49.6 Å². The quantitative estimate of drug-likeness (QED) is 0.864. The van der Waals surface area contributed by atoms with Crippen LogP contribution in [-0.2, 0) is 11.3 Å². The molecule has 1 saturated heterocycles. The lowest BCUT2D eigenvalue weighted by Crippen LogP contribution is -2.40. The third-order valence-corrected chi connectivity index (χ3v) is 4.42. The van der Waals surface area contributed by atoms with Crippen LogP contribution in [0.2, 0.25) is 0 Å². The zero-order valence-electron chi connectivity index (χ0n) is 14.7. The Morgan fingerprint density at radius 2 is 2.20 bits per heavy atom. The Kier molecular flexibility index (Phi) is 5.65. The van der Waals surface area contributed by atoms with Gasteiger partial charge >= 0.3 is 0 Å². The van der Waals surface area contributed by atoms with Crippen molar-refractivity contribution in [3.8, 4) is 17.1 Å². The van der Waals surface area contributed by atoms with E-state index in [4.69, 9.17) is 9.26 Å². The molecule has 7 nitrogen and oxygen atoms in total. The van der Waals surface area contributed by atoms with E-state index in [1.54, 1.807) is 14.0 Å². The molecule has 0 aliphatic carbocycles. The highest BCUT2D eigenvalue weighted by atomic mass is 16.5. The van der Waals surface area contributed by atoms with Crippen molar-refractivity contribution >= 4 is 5.91 Å². The van der Waals surface area contributed by atoms with Gasteiger partial charge in [0, 0.05) is 25.6 Å². The summed E-state index contributed by atoms with van der Waals surface area (Å²) < 4.78 is 10.6. The minimum absolute atomic E-state index is 0.0261. The van der Waals surface area contributed by atoms with Crippen LogP contribution < -0.4 is 10.1 Å². The molecule has 1 aromatic carbocycles. The average Bonchev–Trinajstić information content (AvgIpc) is 3.09. The van der Waals surface area contributed by atoms with Gasteiger partial charge in [-0.25, -0.2) is 0 Å². The van der Waals surface area contributed by atoms with E-state index in [1.807, 2.05) is 24.3 Å². The molecule has 1 N–H and O–H groups in total. The fourth-order valence-corrected chi connectivity index (χ4v) is 3.12. The summed E-state index contributed by atoms with van der Waals surface area (Å²) in [6.45, 7) is 4.86. The number of amides is 1. The zero-order chi connectivity index (χ0) is 17.6. The van der Waals surface area contributed by atoms with Crippen LogP contribution in [0, 0.1) is 5.92 Å². The van der Waals surface area contributed by atoms with Crippen molar-refractivity contribution in [3.63, 3.8) is 0 Å². The standard InChI is InChI=1S/C18H24N4O3/c1-13(23)19-10-14-4-3-9-22(11-14)12-17-20-18(21-25-17)15-5-7-16(24-2)8-6-15/h5-8,14H,3-4,9-12H2,1-2H3,(H,19,23)/t14-/m0/s1. The Labute approximate surface area is 147 Å². The lowest BCUT2D eigenvalue weighted by molar-refractivity contribution is -0.119. The highest BCUT2D eigenvalue weighted by molar-refractivity contribution is 5.72. The zero-order valence-corrected chi connectivity index (χ0v) is 14.7. The molecule has 1 aliphatic rings. The lowest BCUT2D eigenvalue weighted by atomic mass is 9.98. The summed E-state index contributed by atoms with van der Waals surface area (Å²) >= 11 is 0. The fraction of sp³-hybridized carbons (Fsp3) is 0.500. The van der Waals surface area contributed by atoms with Gasteiger partial charge in [0.1, 0.15) is 5.75 Å². The molecule has 1 atom stereocenters. The van der Waals surface area contributed by atoms with Gasteiger partial charge in [-0.15, -0.1) is 0 Å². The first-order valence-electron chi connectivity index (χ1n) is 8.58. The van der Waals surface area contributed by atoms with Crippen LogP contribution >= 0.6 is 0 Å². The van der Waals surface area contributed by atoms with Crippen LogP contribution in [0.25, 0.3) is 11.4 Å². The van der Waals surface area contributed by atoms with E-state index in [-0.39, 0.29) is 5.91 Å². The van der Waals surface area contributed by atoms with Crippen molar-refractivity contribution < 1.29 is 14.1 Å². The predicted molar refractivity (Wildman–Crippen MR) is 93.0 cm³/mol. The molecule has 25 heavy (non-hydrogen) atoms. The highest BCUT2D eigenvalue weighted by Gasteiger charge is 2.22. The molecule has 7 heteroatoms. The van der Waals surface area contributed by atoms with Gasteiger partial charge in [0.15, 0.2) is 0 Å². The minimum atomic E-state index is 0.0261. The minimum Gasteiger partial charge on any atom is -0.497 e. The topological polar surface area (TPSA) is 80.5 Å². The van der Waals surface area contributed by atoms with Crippen molar-refractivity contribution in [2.75, 3.05) is 26.7 Å². The molecule has 0 bridgehead atoms. The van der Waals surface area contributed by atoms with Crippen LogP contribution in [-0.4, -0.2) is 47.7 Å². The Balaban J connectivity index is 1.57. The average molecular weight is 344 g/mol. The molecular weight excluding hydrogens is 320 g/mol. The lowest BCUT2D eigenvalue weighted by Gasteiger charge is -2.31. The van der Waals surface area contributed by atoms with E-state index >= 15 is 0 Å². The maximum absolute atomic E-state index is 11.1. The molecule has 0 radical (unpaired) electrons. The van der Waals surface area contributed by atoms with Crippen molar-refractivity contribution in [2.45, 2.75) is 26.3 Å². The number of likely N-dealkylation sites (tertiary alicyclic amines) is 1. The maximum Gasteiger partial charge on any atom is 0.241 e. The molecule has 0 unspecified atom stereocenters. The number of ether oxygens (including phenoxy) is 1. The normalized spacial score (nSPS) is 18.1. The summed E-state index contributed by atoms with van der Waals surface area (Å²) in [6.07, 6.45) is 2.25. The molecule has 134 valence electrons. The van der Waals surface area contributed by atoms with Gasteiger partial charge in [-0.2, -0.15) is 4.98 Å². The summed E-state index contributed by atoms with van der Waals surface area (Å²) in [7, 11) is 1.64. The summed E-state index contributed by atoms with van der Waals surface area (Å²) in [6, 6.07) is 7.58. The van der Waals surface area contributed by atoms with E-state index in [0.717, 1.165) is 43.8 Å². The molecular formula is C18H24N4O3. The van der Waals surface area contributed by atoms with Gasteiger partial charge in [-0.3, -0.25) is 9.69 Å². The highest BCUT2D eigenvalue weighted by Crippen LogP contribution is 2.21. The van der Waals surface area contributed by atoms with Crippen molar-refractivity contribution in [3.05, 3.63) is 30.2 Å². The van der Waals surface area contributed by atoms with Crippen molar-refractivity contribution in [1.29, 1.82) is 0 Å². The summed E-state index contributed by atoms with van der Waals surface area (Å²) in [4.78, 5) is 17.9. The number of rotatable bonds is 6. The summed E-state index contributed by atoms with van der Waals surface area (Å²) in [5, 5.41) is 6.98. The first-order chi connectivity index (χ1) is 12.1. The smallest absolute Gasteiger partial charge is 0.241 e. The summed E-state index contributed by atoms with van der Waals surface area (Å²) in [5.74, 6) is 2.50. The van der Waals surface area contributed by atoms with E-state index in [9.17, 15) is 4.79 Å². The number of hydrogen-bond acceptors (Lipinski definition) is 6. The Hall–Kier alpha value is -2.41. The molecule has 0 saturated carbocycles. The molecule has 1 aliphatic heterocycles. The second-order valence-corrected chi connectivity index (χ2v) is 6.42. The third-order valence-electron chi connectivity index (χ3n) is 4.42. The van der Waals surface area contributed by atoms with Crippen LogP contribution in [0.5, 0.6) is 5.75 Å². The maximum atomic E-state index is 11.1. The number of aromatic nitrogens is 2. The number of carbonyl (C=O) groups is 1. The van der Waals surface area contributed by atoms with Crippen LogP contribution in [0.1, 0.15) is 25.7 Å². The Morgan fingerprint density at radius 1 is 1.40 bits per heavy atom. The fourth-order valence-electron chi connectivity index (χ4n) is 3.12. The second kappa shape index (κ2) is 8.11. The van der Waals surface area contributed by atoms with Gasteiger partial charge in [0.05, 0.1) is 13.7 Å². The van der Waals surface area contributed by atoms with Crippen molar-refractivity contribution in [2.24, 2.45) is 5.92 Å². The van der Waals surface area contributed by atoms with E-state index < -0.39 is 0 Å². The molecule has 1 aromatic heterocycles. The Bertz CT molecular complexity index is 699. The number of methoxy groups -OCH3 is 1. The number of piperidine rings is 1. The third kappa shape index (κ3) is 4.79. The van der Waals surface area contributed by atoms with Gasteiger partial charge < -0.3 is 14.6 Å². The molecule has 1 amide bonds. The number of benzene rings is 1. The summed E-state index contributed by atoms with van der Waals surface area (Å²) in [5.41, 5.74) is 0.901. The van der Waals surface area contributed by atoms with E-state index in [1.165, 1.54) is 0 Å². The molecule has 2 aromatic rings. The van der Waals surface area contributed by atoms with Crippen LogP contribution in [0.15, 0.2) is 28.8 Å². The second-order valence-electron chi connectivity index (χ2n) is 6.42. The number of nitrogens with one attached hydrogen (secondary N) is 1. The van der Waals surface area contributed by atoms with Gasteiger partial charge in [-0.1, -0.05) is 5.16 Å². The number of nitrogens with zero attached hydrogens (tertiary/aromatic N) is 3. The first kappa shape index (κ1) is 17.4. The Morgan fingerprint density at radius 3 is 2.92 bits per heavy atom.